The molecule has 1 aromatic heterocycles. The number of amides is 1. The Balaban J connectivity index is 1.60. The lowest BCUT2D eigenvalue weighted by molar-refractivity contribution is 0.0713. The number of aliphatic hydroxyl groups is 1. The minimum Gasteiger partial charge on any atom is -0.391 e. The number of nitrogens with one attached hydrogen (secondary N) is 2. The second-order valence-corrected chi connectivity index (χ2v) is 6.00. The normalized spacial score (nSPS) is 27.5. The molecule has 2 heterocycles. The van der Waals surface area contributed by atoms with Gasteiger partial charge in [0.1, 0.15) is 0 Å². The number of rotatable bonds is 3. The van der Waals surface area contributed by atoms with Crippen LogP contribution in [0, 0.1) is 0 Å². The van der Waals surface area contributed by atoms with E-state index in [1.807, 2.05) is 0 Å². The molecule has 0 unspecified atom stereocenters. The Morgan fingerprint density at radius 1 is 1.29 bits per heavy atom. The van der Waals surface area contributed by atoms with Crippen molar-refractivity contribution in [1.82, 2.24) is 25.6 Å². The molecule has 1 amide bonds. The zero-order valence-electron chi connectivity index (χ0n) is 12.2. The van der Waals surface area contributed by atoms with Crippen LogP contribution in [0.2, 0.25) is 0 Å². The van der Waals surface area contributed by atoms with Crippen LogP contribution in [0.5, 0.6) is 0 Å². The summed E-state index contributed by atoms with van der Waals surface area (Å²) in [5, 5.41) is 24.2. The van der Waals surface area contributed by atoms with E-state index >= 15 is 0 Å². The van der Waals surface area contributed by atoms with Crippen molar-refractivity contribution in [1.29, 1.82) is 0 Å². The summed E-state index contributed by atoms with van der Waals surface area (Å²) in [7, 11) is 0. The average Bonchev–Trinajstić information content (AvgIpc) is 3.00. The first kappa shape index (κ1) is 14.5. The predicted molar refractivity (Wildman–Crippen MR) is 76.9 cm³/mol. The third-order valence-corrected chi connectivity index (χ3v) is 4.47. The van der Waals surface area contributed by atoms with Crippen molar-refractivity contribution in [2.75, 3.05) is 13.1 Å². The van der Waals surface area contributed by atoms with E-state index in [1.54, 1.807) is 10.9 Å². The molecule has 0 bridgehead atoms. The minimum absolute atomic E-state index is 0.157. The summed E-state index contributed by atoms with van der Waals surface area (Å²) in [6, 6.07) is 0.163. The third kappa shape index (κ3) is 3.41. The molecule has 21 heavy (non-hydrogen) atoms. The topological polar surface area (TPSA) is 92.1 Å². The third-order valence-electron chi connectivity index (χ3n) is 4.47. The van der Waals surface area contributed by atoms with Gasteiger partial charge in [-0.25, -0.2) is 4.68 Å². The van der Waals surface area contributed by atoms with Crippen molar-refractivity contribution in [2.24, 2.45) is 0 Å². The van der Waals surface area contributed by atoms with E-state index in [2.05, 4.69) is 20.9 Å². The van der Waals surface area contributed by atoms with Gasteiger partial charge in [-0.1, -0.05) is 18.1 Å². The smallest absolute Gasteiger partial charge is 0.273 e. The lowest BCUT2D eigenvalue weighted by atomic mass is 9.92. The fourth-order valence-corrected chi connectivity index (χ4v) is 3.15. The summed E-state index contributed by atoms with van der Waals surface area (Å²) >= 11 is 0. The van der Waals surface area contributed by atoms with Gasteiger partial charge in [-0.2, -0.15) is 0 Å². The second kappa shape index (κ2) is 6.53. The highest BCUT2D eigenvalue weighted by molar-refractivity contribution is 5.92. The van der Waals surface area contributed by atoms with Crippen LogP contribution in [0.4, 0.5) is 0 Å². The monoisotopic (exact) mass is 293 g/mol. The van der Waals surface area contributed by atoms with Gasteiger partial charge in [0.2, 0.25) is 0 Å². The summed E-state index contributed by atoms with van der Waals surface area (Å²) in [6.45, 7) is 1.95. The Kier molecular flexibility index (Phi) is 4.50. The van der Waals surface area contributed by atoms with Gasteiger partial charge in [0.25, 0.3) is 5.91 Å². The molecule has 2 atom stereocenters. The highest BCUT2D eigenvalue weighted by Crippen LogP contribution is 2.19. The molecule has 1 aromatic rings. The van der Waals surface area contributed by atoms with Crippen LogP contribution >= 0.6 is 0 Å². The van der Waals surface area contributed by atoms with Crippen LogP contribution in [0.25, 0.3) is 0 Å². The van der Waals surface area contributed by atoms with Crippen molar-refractivity contribution in [2.45, 2.75) is 56.7 Å². The molecule has 0 aromatic carbocycles. The maximum Gasteiger partial charge on any atom is 0.273 e. The van der Waals surface area contributed by atoms with Gasteiger partial charge in [0.05, 0.1) is 24.4 Å². The van der Waals surface area contributed by atoms with Gasteiger partial charge < -0.3 is 15.7 Å². The fraction of sp³-hybridized carbons (Fsp3) is 0.786. The number of hydrogen-bond acceptors (Lipinski definition) is 5. The number of carbonyl (C=O) groups excluding carboxylic acids is 1. The molecule has 1 aliphatic carbocycles. The van der Waals surface area contributed by atoms with Gasteiger partial charge in [0, 0.05) is 0 Å². The summed E-state index contributed by atoms with van der Waals surface area (Å²) in [5.74, 6) is -0.235. The van der Waals surface area contributed by atoms with Gasteiger partial charge in [-0.15, -0.1) is 5.10 Å². The lowest BCUT2D eigenvalue weighted by Gasteiger charge is -2.27. The van der Waals surface area contributed by atoms with Crippen LogP contribution in [-0.4, -0.2) is 51.2 Å². The summed E-state index contributed by atoms with van der Waals surface area (Å²) < 4.78 is 1.80. The van der Waals surface area contributed by atoms with E-state index in [4.69, 9.17) is 0 Å². The van der Waals surface area contributed by atoms with Crippen LogP contribution < -0.4 is 10.6 Å². The number of carbonyl (C=O) groups is 1. The van der Waals surface area contributed by atoms with E-state index in [9.17, 15) is 9.90 Å². The van der Waals surface area contributed by atoms with Crippen molar-refractivity contribution < 1.29 is 9.90 Å². The molecular weight excluding hydrogens is 270 g/mol. The SMILES string of the molecule is O=C(N[C@@H]1CCCC[C@H]1O)c1cn(C2CCNCC2)nn1. The number of aromatic nitrogens is 3. The van der Waals surface area contributed by atoms with E-state index in [0.717, 1.165) is 51.6 Å². The molecule has 1 saturated carbocycles. The van der Waals surface area contributed by atoms with Crippen molar-refractivity contribution in [3.63, 3.8) is 0 Å². The van der Waals surface area contributed by atoms with Gasteiger partial charge in [0.15, 0.2) is 5.69 Å². The van der Waals surface area contributed by atoms with Crippen LogP contribution in [0.3, 0.4) is 0 Å². The Morgan fingerprint density at radius 2 is 2.05 bits per heavy atom. The van der Waals surface area contributed by atoms with Crippen LogP contribution in [0.1, 0.15) is 55.1 Å². The minimum atomic E-state index is -0.442. The van der Waals surface area contributed by atoms with E-state index in [0.29, 0.717) is 11.7 Å². The van der Waals surface area contributed by atoms with Crippen LogP contribution in [-0.2, 0) is 0 Å². The molecule has 1 aliphatic heterocycles. The van der Waals surface area contributed by atoms with E-state index in [1.165, 1.54) is 0 Å². The largest absolute Gasteiger partial charge is 0.391 e. The molecule has 1 saturated heterocycles. The maximum absolute atomic E-state index is 12.2. The first-order valence-electron chi connectivity index (χ1n) is 7.85. The Bertz CT molecular complexity index is 483. The number of aliphatic hydroxyl groups excluding tert-OH is 1. The van der Waals surface area contributed by atoms with E-state index < -0.39 is 6.10 Å². The van der Waals surface area contributed by atoms with Gasteiger partial charge in [-0.3, -0.25) is 4.79 Å². The standard InChI is InChI=1S/C14H23N5O2/c20-13-4-2-1-3-11(13)16-14(21)12-9-19(18-17-12)10-5-7-15-8-6-10/h9-11,13,15,20H,1-8H2,(H,16,21)/t11-,13-/m1/s1. The number of piperidine rings is 1. The van der Waals surface area contributed by atoms with Crippen molar-refractivity contribution in [3.05, 3.63) is 11.9 Å². The molecule has 0 radical (unpaired) electrons. The fourth-order valence-electron chi connectivity index (χ4n) is 3.15. The lowest BCUT2D eigenvalue weighted by Crippen LogP contribution is -2.45. The molecule has 7 nitrogen and oxygen atoms in total. The Hall–Kier alpha value is -1.47. The van der Waals surface area contributed by atoms with Crippen molar-refractivity contribution >= 4 is 5.91 Å². The summed E-state index contributed by atoms with van der Waals surface area (Å²) in [5.41, 5.74) is 0.339. The molecule has 7 heteroatoms. The molecule has 2 fully saturated rings. The first-order valence-corrected chi connectivity index (χ1v) is 7.85. The van der Waals surface area contributed by atoms with Gasteiger partial charge in [-0.05, 0) is 38.8 Å². The maximum atomic E-state index is 12.2. The zero-order valence-corrected chi connectivity index (χ0v) is 12.2. The predicted octanol–water partition coefficient (Wildman–Crippen LogP) is 0.236. The second-order valence-electron chi connectivity index (χ2n) is 6.00. The number of nitrogens with zero attached hydrogens (tertiary/aromatic N) is 3. The quantitative estimate of drug-likeness (QED) is 0.742. The average molecular weight is 293 g/mol. The Labute approximate surface area is 124 Å². The highest BCUT2D eigenvalue weighted by atomic mass is 16.3. The van der Waals surface area contributed by atoms with Crippen LogP contribution in [0.15, 0.2) is 6.20 Å². The molecular formula is C14H23N5O2. The number of hydrogen-bond donors (Lipinski definition) is 3. The Morgan fingerprint density at radius 3 is 2.81 bits per heavy atom. The molecule has 3 N–H and O–H groups in total. The van der Waals surface area contributed by atoms with Gasteiger partial charge >= 0.3 is 0 Å². The molecule has 0 spiro atoms. The first-order chi connectivity index (χ1) is 10.2. The summed E-state index contributed by atoms with van der Waals surface area (Å²) in [4.78, 5) is 12.2. The highest BCUT2D eigenvalue weighted by Gasteiger charge is 2.26. The zero-order chi connectivity index (χ0) is 14.7. The molecule has 3 rings (SSSR count). The summed E-state index contributed by atoms with van der Waals surface area (Å²) in [6.07, 6.45) is 6.95. The van der Waals surface area contributed by atoms with E-state index in [-0.39, 0.29) is 11.9 Å². The molecule has 2 aliphatic rings. The molecule has 116 valence electrons. The van der Waals surface area contributed by atoms with Crippen molar-refractivity contribution in [3.8, 4) is 0 Å².